The largest absolute Gasteiger partial charge is 0.456 e. The number of hydrogen-bond acceptors (Lipinski definition) is 3. The Labute approximate surface area is 202 Å². The minimum Gasteiger partial charge on any atom is -0.456 e. The van der Waals surface area contributed by atoms with E-state index in [0.29, 0.717) is 22.6 Å². The molecule has 0 saturated heterocycles. The van der Waals surface area contributed by atoms with E-state index in [-0.39, 0.29) is 5.78 Å². The molecule has 4 aromatic carbocycles. The Bertz CT molecular complexity index is 1190. The fourth-order valence-corrected chi connectivity index (χ4v) is 3.87. The van der Waals surface area contributed by atoms with Crippen LogP contribution in [0.25, 0.3) is 0 Å². The van der Waals surface area contributed by atoms with Crippen molar-refractivity contribution >= 4 is 51.0 Å². The van der Waals surface area contributed by atoms with Gasteiger partial charge in [0.15, 0.2) is 5.78 Å². The van der Waals surface area contributed by atoms with Crippen molar-refractivity contribution in [3.8, 4) is 23.0 Å². The van der Waals surface area contributed by atoms with Crippen molar-refractivity contribution in [1.82, 2.24) is 0 Å². The van der Waals surface area contributed by atoms with E-state index in [1.54, 1.807) is 30.3 Å². The summed E-state index contributed by atoms with van der Waals surface area (Å²) in [5, 5.41) is 0. The lowest BCUT2D eigenvalue weighted by molar-refractivity contribution is 0.103. The molecule has 0 spiro atoms. The van der Waals surface area contributed by atoms with Crippen molar-refractivity contribution in [2.24, 2.45) is 0 Å². The van der Waals surface area contributed by atoms with E-state index < -0.39 is 0 Å². The molecular formula is C25H16I2O3. The number of hydrogen-bond donors (Lipinski definition) is 0. The van der Waals surface area contributed by atoms with Crippen LogP contribution < -0.4 is 9.47 Å². The molecule has 0 N–H and O–H groups in total. The lowest BCUT2D eigenvalue weighted by Crippen LogP contribution is -2.04. The maximum atomic E-state index is 13.1. The van der Waals surface area contributed by atoms with E-state index in [2.05, 4.69) is 45.2 Å². The zero-order chi connectivity index (χ0) is 20.9. The van der Waals surface area contributed by atoms with Crippen LogP contribution >= 0.6 is 45.2 Å². The lowest BCUT2D eigenvalue weighted by Gasteiger charge is -2.12. The second-order valence-corrected chi connectivity index (χ2v) is 8.74. The molecular weight excluding hydrogens is 602 g/mol. The summed E-state index contributed by atoms with van der Waals surface area (Å²) in [5.74, 6) is 2.62. The highest BCUT2D eigenvalue weighted by Gasteiger charge is 2.16. The first kappa shape index (κ1) is 20.9. The second kappa shape index (κ2) is 9.61. The summed E-state index contributed by atoms with van der Waals surface area (Å²) in [7, 11) is 0. The van der Waals surface area contributed by atoms with E-state index in [0.717, 1.165) is 18.6 Å². The lowest BCUT2D eigenvalue weighted by atomic mass is 10.0. The first-order chi connectivity index (χ1) is 14.6. The number of benzene rings is 4. The average Bonchev–Trinajstić information content (AvgIpc) is 2.77. The van der Waals surface area contributed by atoms with Crippen molar-refractivity contribution in [2.45, 2.75) is 0 Å². The molecule has 148 valence electrons. The van der Waals surface area contributed by atoms with Gasteiger partial charge in [0, 0.05) is 5.56 Å². The summed E-state index contributed by atoms with van der Waals surface area (Å²) in [4.78, 5) is 13.1. The summed E-state index contributed by atoms with van der Waals surface area (Å²) in [6.45, 7) is 0. The van der Waals surface area contributed by atoms with E-state index in [1.165, 1.54) is 0 Å². The summed E-state index contributed by atoms with van der Waals surface area (Å²) in [5.41, 5.74) is 1.09. The fourth-order valence-electron chi connectivity index (χ4n) is 2.87. The zero-order valence-corrected chi connectivity index (χ0v) is 20.0. The quantitative estimate of drug-likeness (QED) is 0.164. The van der Waals surface area contributed by atoms with Crippen LogP contribution in [-0.2, 0) is 0 Å². The van der Waals surface area contributed by atoms with Crippen LogP contribution in [0.3, 0.4) is 0 Å². The fraction of sp³-hybridized carbons (Fsp3) is 0. The number of carbonyl (C=O) groups excluding carboxylic acids is 1. The first-order valence-electron chi connectivity index (χ1n) is 9.20. The Morgan fingerprint density at radius 2 is 1.07 bits per heavy atom. The maximum absolute atomic E-state index is 13.1. The predicted molar refractivity (Wildman–Crippen MR) is 135 cm³/mol. The molecule has 0 radical (unpaired) electrons. The van der Waals surface area contributed by atoms with Gasteiger partial charge in [0.05, 0.1) is 12.7 Å². The Morgan fingerprint density at radius 3 is 1.67 bits per heavy atom. The van der Waals surface area contributed by atoms with Gasteiger partial charge in [-0.25, -0.2) is 0 Å². The van der Waals surface area contributed by atoms with Gasteiger partial charge in [-0.15, -0.1) is 0 Å². The smallest absolute Gasteiger partial charge is 0.196 e. The Hall–Kier alpha value is -2.39. The van der Waals surface area contributed by atoms with Gasteiger partial charge in [-0.1, -0.05) is 36.4 Å². The van der Waals surface area contributed by atoms with Crippen LogP contribution in [0.4, 0.5) is 0 Å². The molecule has 4 rings (SSSR count). The molecule has 0 atom stereocenters. The van der Waals surface area contributed by atoms with Crippen molar-refractivity contribution < 1.29 is 14.3 Å². The van der Waals surface area contributed by atoms with Crippen molar-refractivity contribution in [3.05, 3.63) is 115 Å². The minimum atomic E-state index is -0.0996. The van der Waals surface area contributed by atoms with E-state index in [4.69, 9.17) is 9.47 Å². The number of carbonyl (C=O) groups is 1. The van der Waals surface area contributed by atoms with Gasteiger partial charge in [0.25, 0.3) is 0 Å². The molecule has 0 fully saturated rings. The Balaban J connectivity index is 1.56. The van der Waals surface area contributed by atoms with Crippen LogP contribution in [-0.4, -0.2) is 5.78 Å². The molecule has 0 saturated carbocycles. The number of ether oxygens (including phenoxy) is 2. The van der Waals surface area contributed by atoms with Gasteiger partial charge in [-0.05, 0) is 106 Å². The highest BCUT2D eigenvalue weighted by molar-refractivity contribution is 14.1. The topological polar surface area (TPSA) is 35.5 Å². The van der Waals surface area contributed by atoms with Crippen LogP contribution in [0.1, 0.15) is 15.9 Å². The molecule has 4 aromatic rings. The van der Waals surface area contributed by atoms with Crippen LogP contribution in [0.5, 0.6) is 23.0 Å². The molecule has 0 aliphatic rings. The molecule has 0 aromatic heterocycles. The van der Waals surface area contributed by atoms with Crippen LogP contribution in [0.2, 0.25) is 0 Å². The Morgan fingerprint density at radius 1 is 0.567 bits per heavy atom. The van der Waals surface area contributed by atoms with Crippen LogP contribution in [0.15, 0.2) is 97.1 Å². The van der Waals surface area contributed by atoms with Crippen molar-refractivity contribution in [2.75, 3.05) is 0 Å². The highest BCUT2D eigenvalue weighted by Crippen LogP contribution is 2.31. The molecule has 0 amide bonds. The molecule has 0 aliphatic heterocycles. The van der Waals surface area contributed by atoms with Gasteiger partial charge in [-0.3, -0.25) is 4.79 Å². The Kier molecular flexibility index (Phi) is 6.69. The average molecular weight is 618 g/mol. The normalized spacial score (nSPS) is 10.5. The van der Waals surface area contributed by atoms with Crippen molar-refractivity contribution in [1.29, 1.82) is 0 Å². The SMILES string of the molecule is O=C(c1ccc(Oc2ccccc2I)cc1)c1ccccc1Oc1ccccc1I. The minimum absolute atomic E-state index is 0.0996. The maximum Gasteiger partial charge on any atom is 0.196 e. The molecule has 0 heterocycles. The first-order valence-corrected chi connectivity index (χ1v) is 11.4. The van der Waals surface area contributed by atoms with E-state index in [9.17, 15) is 4.79 Å². The van der Waals surface area contributed by atoms with E-state index >= 15 is 0 Å². The predicted octanol–water partition coefficient (Wildman–Crippen LogP) is 7.71. The summed E-state index contributed by atoms with van der Waals surface area (Å²) >= 11 is 4.45. The van der Waals surface area contributed by atoms with Gasteiger partial charge >= 0.3 is 0 Å². The molecule has 0 unspecified atom stereocenters. The third-order valence-electron chi connectivity index (χ3n) is 4.37. The zero-order valence-electron chi connectivity index (χ0n) is 15.7. The number of ketones is 1. The monoisotopic (exact) mass is 618 g/mol. The second-order valence-electron chi connectivity index (χ2n) is 6.41. The third-order valence-corrected chi connectivity index (χ3v) is 6.15. The number of halogens is 2. The number of para-hydroxylation sites is 3. The highest BCUT2D eigenvalue weighted by atomic mass is 127. The summed E-state index contributed by atoms with van der Waals surface area (Å²) < 4.78 is 14.0. The third kappa shape index (κ3) is 4.84. The van der Waals surface area contributed by atoms with Crippen molar-refractivity contribution in [3.63, 3.8) is 0 Å². The van der Waals surface area contributed by atoms with E-state index in [1.807, 2.05) is 66.7 Å². The van der Waals surface area contributed by atoms with Gasteiger partial charge < -0.3 is 9.47 Å². The summed E-state index contributed by atoms with van der Waals surface area (Å²) in [6.07, 6.45) is 0. The molecule has 5 heteroatoms. The van der Waals surface area contributed by atoms with Gasteiger partial charge in [0.1, 0.15) is 23.0 Å². The van der Waals surface area contributed by atoms with Gasteiger partial charge in [-0.2, -0.15) is 0 Å². The molecule has 30 heavy (non-hydrogen) atoms. The van der Waals surface area contributed by atoms with Gasteiger partial charge in [0.2, 0.25) is 0 Å². The summed E-state index contributed by atoms with van der Waals surface area (Å²) in [6, 6.07) is 30.0. The molecule has 3 nitrogen and oxygen atoms in total. The standard InChI is InChI=1S/C25H16I2O3/c26-20-8-2-5-11-23(20)29-18-15-13-17(14-16-18)25(28)19-7-1-4-10-22(19)30-24-12-6-3-9-21(24)27/h1-16H. The number of rotatable bonds is 6. The molecule has 0 aliphatic carbocycles. The molecule has 0 bridgehead atoms. The van der Waals surface area contributed by atoms with Crippen LogP contribution in [0, 0.1) is 7.14 Å².